The van der Waals surface area contributed by atoms with Crippen LogP contribution < -0.4 is 0 Å². The number of hydrogen-bond donors (Lipinski definition) is 2. The molecule has 0 unspecified atom stereocenters. The molecule has 1 saturated heterocycles. The molecule has 4 rings (SSSR count). The number of ketones is 1. The third kappa shape index (κ3) is 2.75. The molecule has 0 spiro atoms. The van der Waals surface area contributed by atoms with Crippen LogP contribution in [0.1, 0.15) is 25.3 Å². The maximum atomic E-state index is 12.6. The number of nitrogens with zero attached hydrogens (tertiary/aromatic N) is 2. The second kappa shape index (κ2) is 6.33. The summed E-state index contributed by atoms with van der Waals surface area (Å²) in [5.74, 6) is -1.07. The average Bonchev–Trinajstić information content (AvgIpc) is 3.18. The molecule has 0 aromatic carbocycles. The molecule has 2 N–H and O–H groups in total. The minimum absolute atomic E-state index is 0.0285. The SMILES string of the molecule is CC1CCN(C2=C(C(=O)O)C(=O)C(=Cc3c[nH]c4ncccc34)O2)CC1. The molecule has 2 aliphatic heterocycles. The number of aliphatic carboxylic acids is 1. The number of aromatic amines is 1. The Morgan fingerprint density at radius 3 is 2.92 bits per heavy atom. The van der Waals surface area contributed by atoms with Crippen molar-refractivity contribution in [2.75, 3.05) is 13.1 Å². The van der Waals surface area contributed by atoms with Gasteiger partial charge in [0.2, 0.25) is 11.7 Å². The fourth-order valence-corrected chi connectivity index (χ4v) is 3.38. The summed E-state index contributed by atoms with van der Waals surface area (Å²) in [6, 6.07) is 3.68. The predicted octanol–water partition coefficient (Wildman–Crippen LogP) is 2.53. The Labute approximate surface area is 150 Å². The van der Waals surface area contributed by atoms with Crippen molar-refractivity contribution in [1.29, 1.82) is 0 Å². The number of carboxylic acids is 1. The van der Waals surface area contributed by atoms with Crippen LogP contribution >= 0.6 is 0 Å². The maximum absolute atomic E-state index is 12.6. The van der Waals surface area contributed by atoms with Crippen molar-refractivity contribution in [3.8, 4) is 0 Å². The van der Waals surface area contributed by atoms with Gasteiger partial charge in [0.1, 0.15) is 5.65 Å². The van der Waals surface area contributed by atoms with Gasteiger partial charge in [-0.05, 0) is 37.0 Å². The zero-order chi connectivity index (χ0) is 18.3. The molecule has 0 atom stereocenters. The van der Waals surface area contributed by atoms with Gasteiger partial charge in [-0.3, -0.25) is 4.79 Å². The highest BCUT2D eigenvalue weighted by atomic mass is 16.5. The second-order valence-electron chi connectivity index (χ2n) is 6.74. The topological polar surface area (TPSA) is 95.5 Å². The first-order chi connectivity index (χ1) is 12.5. The lowest BCUT2D eigenvalue weighted by Crippen LogP contribution is -2.33. The van der Waals surface area contributed by atoms with E-state index < -0.39 is 11.8 Å². The van der Waals surface area contributed by atoms with Crippen molar-refractivity contribution >= 4 is 28.9 Å². The number of carbonyl (C=O) groups is 2. The second-order valence-corrected chi connectivity index (χ2v) is 6.74. The molecule has 7 nitrogen and oxygen atoms in total. The van der Waals surface area contributed by atoms with E-state index in [1.807, 2.05) is 11.0 Å². The van der Waals surface area contributed by atoms with Gasteiger partial charge in [0.05, 0.1) is 0 Å². The molecule has 1 fully saturated rings. The number of carbonyl (C=O) groups excluding carboxylic acids is 1. The number of aromatic nitrogens is 2. The van der Waals surface area contributed by atoms with Crippen LogP contribution in [0.15, 0.2) is 41.7 Å². The van der Waals surface area contributed by atoms with Gasteiger partial charge in [0.15, 0.2) is 11.3 Å². The number of ether oxygens (including phenoxy) is 1. The number of rotatable bonds is 3. The summed E-state index contributed by atoms with van der Waals surface area (Å²) in [4.78, 5) is 33.4. The minimum atomic E-state index is -1.26. The van der Waals surface area contributed by atoms with Crippen molar-refractivity contribution < 1.29 is 19.4 Å². The molecule has 0 radical (unpaired) electrons. The van der Waals surface area contributed by atoms with Crippen molar-refractivity contribution in [1.82, 2.24) is 14.9 Å². The molecule has 26 heavy (non-hydrogen) atoms. The fourth-order valence-electron chi connectivity index (χ4n) is 3.38. The molecular formula is C19H19N3O4. The molecule has 0 bridgehead atoms. The Balaban J connectivity index is 1.68. The van der Waals surface area contributed by atoms with Crippen LogP contribution in [0.25, 0.3) is 17.1 Å². The minimum Gasteiger partial charge on any atom is -0.477 e. The highest BCUT2D eigenvalue weighted by Crippen LogP contribution is 2.32. The first-order valence-corrected chi connectivity index (χ1v) is 8.63. The number of pyridine rings is 1. The van der Waals surface area contributed by atoms with E-state index in [1.165, 1.54) is 0 Å². The molecule has 0 aliphatic carbocycles. The van der Waals surface area contributed by atoms with E-state index in [9.17, 15) is 14.7 Å². The van der Waals surface area contributed by atoms with Gasteiger partial charge in [-0.1, -0.05) is 6.92 Å². The van der Waals surface area contributed by atoms with Crippen molar-refractivity contribution in [2.45, 2.75) is 19.8 Å². The predicted molar refractivity (Wildman–Crippen MR) is 94.8 cm³/mol. The Morgan fingerprint density at radius 2 is 2.19 bits per heavy atom. The molecular weight excluding hydrogens is 334 g/mol. The molecule has 2 aliphatic rings. The van der Waals surface area contributed by atoms with Gasteiger partial charge in [0, 0.05) is 36.4 Å². The number of hydrogen-bond acceptors (Lipinski definition) is 5. The van der Waals surface area contributed by atoms with Crippen molar-refractivity contribution in [2.24, 2.45) is 5.92 Å². The molecule has 2 aromatic rings. The van der Waals surface area contributed by atoms with Crippen LogP contribution in [0.5, 0.6) is 0 Å². The third-order valence-electron chi connectivity index (χ3n) is 4.93. The van der Waals surface area contributed by atoms with Crippen LogP contribution in [0.3, 0.4) is 0 Å². The monoisotopic (exact) mass is 353 g/mol. The van der Waals surface area contributed by atoms with E-state index in [0.717, 1.165) is 23.8 Å². The van der Waals surface area contributed by atoms with Gasteiger partial charge in [0.25, 0.3) is 0 Å². The van der Waals surface area contributed by atoms with Gasteiger partial charge >= 0.3 is 5.97 Å². The number of H-pyrrole nitrogens is 1. The van der Waals surface area contributed by atoms with E-state index in [2.05, 4.69) is 16.9 Å². The zero-order valence-electron chi connectivity index (χ0n) is 14.4. The lowest BCUT2D eigenvalue weighted by Gasteiger charge is -2.31. The molecule has 4 heterocycles. The number of nitrogens with one attached hydrogen (secondary N) is 1. The van der Waals surface area contributed by atoms with E-state index >= 15 is 0 Å². The quantitative estimate of drug-likeness (QED) is 0.650. The van der Waals surface area contributed by atoms with Gasteiger partial charge < -0.3 is 19.7 Å². The summed E-state index contributed by atoms with van der Waals surface area (Å²) in [7, 11) is 0. The van der Waals surface area contributed by atoms with Crippen LogP contribution in [0, 0.1) is 5.92 Å². The maximum Gasteiger partial charge on any atom is 0.345 e. The van der Waals surface area contributed by atoms with Crippen molar-refractivity contribution in [3.63, 3.8) is 0 Å². The van der Waals surface area contributed by atoms with Gasteiger partial charge in [-0.25, -0.2) is 9.78 Å². The average molecular weight is 353 g/mol. The lowest BCUT2D eigenvalue weighted by atomic mass is 9.99. The fraction of sp³-hybridized carbons (Fsp3) is 0.316. The highest BCUT2D eigenvalue weighted by Gasteiger charge is 2.39. The van der Waals surface area contributed by atoms with Gasteiger partial charge in [-0.2, -0.15) is 0 Å². The lowest BCUT2D eigenvalue weighted by molar-refractivity contribution is -0.134. The van der Waals surface area contributed by atoms with Crippen molar-refractivity contribution in [3.05, 3.63) is 47.3 Å². The van der Waals surface area contributed by atoms with E-state index in [-0.39, 0.29) is 17.2 Å². The van der Waals surface area contributed by atoms with Crippen LogP contribution in [-0.2, 0) is 14.3 Å². The normalized spacial score (nSPS) is 20.3. The molecule has 7 heteroatoms. The number of Topliss-reactive ketones (excluding diaryl/α,β-unsaturated/α-hetero) is 1. The zero-order valence-corrected chi connectivity index (χ0v) is 14.4. The summed E-state index contributed by atoms with van der Waals surface area (Å²) in [5, 5.41) is 10.4. The van der Waals surface area contributed by atoms with E-state index in [4.69, 9.17) is 4.74 Å². The Bertz CT molecular complexity index is 949. The number of likely N-dealkylation sites (tertiary alicyclic amines) is 1. The van der Waals surface area contributed by atoms with E-state index in [0.29, 0.717) is 24.7 Å². The van der Waals surface area contributed by atoms with Crippen LogP contribution in [0.4, 0.5) is 0 Å². The molecule has 2 aromatic heterocycles. The van der Waals surface area contributed by atoms with Crippen LogP contribution in [-0.4, -0.2) is 44.8 Å². The highest BCUT2D eigenvalue weighted by molar-refractivity contribution is 6.26. The number of fused-ring (bicyclic) bond motifs is 1. The first kappa shape index (κ1) is 16.4. The summed E-state index contributed by atoms with van der Waals surface area (Å²) in [6.07, 6.45) is 6.86. The summed E-state index contributed by atoms with van der Waals surface area (Å²) in [6.45, 7) is 3.54. The largest absolute Gasteiger partial charge is 0.477 e. The number of carboxylic acid groups (broad SMARTS) is 1. The molecule has 134 valence electrons. The smallest absolute Gasteiger partial charge is 0.345 e. The number of allylic oxidation sites excluding steroid dienone is 1. The Morgan fingerprint density at radius 1 is 1.42 bits per heavy atom. The summed E-state index contributed by atoms with van der Waals surface area (Å²) >= 11 is 0. The molecule has 0 amide bonds. The summed E-state index contributed by atoms with van der Waals surface area (Å²) in [5.41, 5.74) is 1.14. The number of piperidine rings is 1. The Hall–Kier alpha value is -3.09. The summed E-state index contributed by atoms with van der Waals surface area (Å²) < 4.78 is 5.75. The third-order valence-corrected chi connectivity index (χ3v) is 4.93. The van der Waals surface area contributed by atoms with Gasteiger partial charge in [-0.15, -0.1) is 0 Å². The van der Waals surface area contributed by atoms with E-state index in [1.54, 1.807) is 24.5 Å². The Kier molecular flexibility index (Phi) is 3.99. The first-order valence-electron chi connectivity index (χ1n) is 8.63. The van der Waals surface area contributed by atoms with Crippen LogP contribution in [0.2, 0.25) is 0 Å². The standard InChI is InChI=1S/C19H19N3O4/c1-11-4-7-22(8-5-11)18-15(19(24)25)16(23)14(26-18)9-12-10-21-17-13(12)3-2-6-20-17/h2-3,6,9-11H,4-5,7-8H2,1H3,(H,20,21)(H,24,25). The molecule has 0 saturated carbocycles.